The first-order valence-electron chi connectivity index (χ1n) is 13.0. The molecule has 4 rings (SSSR count). The van der Waals surface area contributed by atoms with E-state index in [9.17, 15) is 23.1 Å². The van der Waals surface area contributed by atoms with Crippen molar-refractivity contribution in [3.8, 4) is 5.75 Å². The van der Waals surface area contributed by atoms with E-state index < -0.39 is 59.1 Å². The zero-order chi connectivity index (χ0) is 29.6. The number of alkyl halides is 1. The van der Waals surface area contributed by atoms with Crippen LogP contribution in [0.2, 0.25) is 0 Å². The molecule has 41 heavy (non-hydrogen) atoms. The summed E-state index contributed by atoms with van der Waals surface area (Å²) in [7, 11) is -4.75. The van der Waals surface area contributed by atoms with Crippen LogP contribution in [-0.4, -0.2) is 69.9 Å². The molecule has 3 heterocycles. The molecule has 0 spiro atoms. The second-order valence-electron chi connectivity index (χ2n) is 9.40. The second kappa shape index (κ2) is 13.2. The first-order valence-corrected chi connectivity index (χ1v) is 14.4. The van der Waals surface area contributed by atoms with Crippen LogP contribution in [0.4, 0.5) is 10.2 Å². The molecule has 0 saturated carbocycles. The largest absolute Gasteiger partial charge is 0.507 e. The van der Waals surface area contributed by atoms with Gasteiger partial charge < -0.3 is 20.3 Å². The number of aromatic nitrogens is 4. The minimum absolute atomic E-state index is 0.0396. The molecule has 1 aromatic carbocycles. The number of aromatic hydroxyl groups is 1. The summed E-state index contributed by atoms with van der Waals surface area (Å²) in [5.74, 6) is -2.22. The number of para-hydroxylation sites is 1. The number of carbonyl (C=O) groups is 2. The van der Waals surface area contributed by atoms with Gasteiger partial charge in [0.2, 0.25) is 0 Å². The molecule has 1 saturated heterocycles. The standard InChI is InChI=1S/C25H31FN6O8S/c1-2-3-4-5-6-11-18(34)40-21-17(12-38-41(36,37)31-24(35)15-9-7-8-10-16(15)33)39-25(19(21)26)32-14-30-20-22(27)28-13-29-23(20)32/h7-10,13-14,17,19,21,25,33H,2-6,11-12H2,1H3,(H,31,35)(H2,27,28,29)/t17-,19-,21-,25-/m1/s1. The highest BCUT2D eigenvalue weighted by Crippen LogP contribution is 2.36. The third-order valence-electron chi connectivity index (χ3n) is 6.43. The summed E-state index contributed by atoms with van der Waals surface area (Å²) in [6, 6.07) is 5.30. The number of hydrogen-bond acceptors (Lipinski definition) is 12. The van der Waals surface area contributed by atoms with E-state index in [2.05, 4.69) is 21.9 Å². The van der Waals surface area contributed by atoms with Gasteiger partial charge in [0.05, 0.1) is 18.5 Å². The van der Waals surface area contributed by atoms with Crippen LogP contribution in [0.5, 0.6) is 5.75 Å². The number of amides is 1. The lowest BCUT2D eigenvalue weighted by atomic mass is 10.1. The average molecular weight is 595 g/mol. The van der Waals surface area contributed by atoms with E-state index in [0.29, 0.717) is 6.42 Å². The Hall–Kier alpha value is -3.89. The molecule has 3 aromatic rings. The molecule has 16 heteroatoms. The Morgan fingerprint density at radius 3 is 2.68 bits per heavy atom. The lowest BCUT2D eigenvalue weighted by Gasteiger charge is -2.19. The number of halogens is 1. The van der Waals surface area contributed by atoms with Crippen LogP contribution in [0.15, 0.2) is 36.9 Å². The lowest BCUT2D eigenvalue weighted by molar-refractivity contribution is -0.154. The number of anilines is 1. The van der Waals surface area contributed by atoms with Crippen LogP contribution < -0.4 is 10.5 Å². The van der Waals surface area contributed by atoms with Crippen LogP contribution in [-0.2, 0) is 28.8 Å². The number of ether oxygens (including phenoxy) is 2. The van der Waals surface area contributed by atoms with Crippen LogP contribution in [0.25, 0.3) is 11.2 Å². The van der Waals surface area contributed by atoms with Gasteiger partial charge in [0, 0.05) is 6.42 Å². The number of hydrogen-bond donors (Lipinski definition) is 3. The molecule has 4 N–H and O–H groups in total. The van der Waals surface area contributed by atoms with Crippen LogP contribution in [0, 0.1) is 0 Å². The number of nitrogen functional groups attached to an aromatic ring is 1. The number of benzene rings is 1. The van der Waals surface area contributed by atoms with Gasteiger partial charge in [-0.25, -0.2) is 24.1 Å². The fourth-order valence-electron chi connectivity index (χ4n) is 4.35. The minimum atomic E-state index is -4.75. The van der Waals surface area contributed by atoms with Crippen molar-refractivity contribution < 1.29 is 41.2 Å². The van der Waals surface area contributed by atoms with Crippen molar-refractivity contribution in [2.24, 2.45) is 0 Å². The van der Waals surface area contributed by atoms with Gasteiger partial charge >= 0.3 is 16.3 Å². The van der Waals surface area contributed by atoms with Gasteiger partial charge in [-0.1, -0.05) is 44.7 Å². The smallest absolute Gasteiger partial charge is 0.362 e. The molecule has 1 fully saturated rings. The Labute approximate surface area is 235 Å². The summed E-state index contributed by atoms with van der Waals surface area (Å²) in [5.41, 5.74) is 5.85. The molecular formula is C25H31FN6O8S. The molecule has 0 aliphatic carbocycles. The monoisotopic (exact) mass is 594 g/mol. The zero-order valence-corrected chi connectivity index (χ0v) is 23.0. The molecule has 4 atom stereocenters. The number of esters is 1. The van der Waals surface area contributed by atoms with Gasteiger partial charge in [-0.2, -0.15) is 8.42 Å². The Balaban J connectivity index is 1.48. The summed E-state index contributed by atoms with van der Waals surface area (Å²) in [6.07, 6.45) is 0.438. The quantitative estimate of drug-likeness (QED) is 0.193. The van der Waals surface area contributed by atoms with E-state index in [1.165, 1.54) is 35.2 Å². The first-order chi connectivity index (χ1) is 19.6. The summed E-state index contributed by atoms with van der Waals surface area (Å²) in [5, 5.41) is 9.81. The Morgan fingerprint density at radius 1 is 1.17 bits per heavy atom. The molecule has 0 radical (unpaired) electrons. The number of imidazole rings is 1. The predicted molar refractivity (Wildman–Crippen MR) is 142 cm³/mol. The molecule has 1 aliphatic rings. The molecule has 222 valence electrons. The van der Waals surface area contributed by atoms with Gasteiger partial charge in [-0.3, -0.25) is 18.3 Å². The van der Waals surface area contributed by atoms with Crippen LogP contribution in [0.1, 0.15) is 62.0 Å². The van der Waals surface area contributed by atoms with Gasteiger partial charge in [0.25, 0.3) is 5.91 Å². The maximum absolute atomic E-state index is 15.8. The van der Waals surface area contributed by atoms with E-state index in [0.717, 1.165) is 32.0 Å². The summed E-state index contributed by atoms with van der Waals surface area (Å²) in [4.78, 5) is 36.9. The van der Waals surface area contributed by atoms with Crippen LogP contribution in [0.3, 0.4) is 0 Å². The molecule has 0 unspecified atom stereocenters. The van der Waals surface area contributed by atoms with Crippen molar-refractivity contribution in [2.75, 3.05) is 12.3 Å². The number of fused-ring (bicyclic) bond motifs is 1. The minimum Gasteiger partial charge on any atom is -0.507 e. The maximum atomic E-state index is 15.8. The summed E-state index contributed by atoms with van der Waals surface area (Å²) in [6.45, 7) is 1.26. The highest BCUT2D eigenvalue weighted by atomic mass is 32.2. The Bertz CT molecular complexity index is 1490. The van der Waals surface area contributed by atoms with E-state index in [1.54, 1.807) is 4.72 Å². The first kappa shape index (κ1) is 30.1. The normalized spacial score (nSPS) is 20.7. The third-order valence-corrected chi connectivity index (χ3v) is 7.32. The number of phenolic OH excluding ortho intramolecular Hbond substituents is 1. The highest BCUT2D eigenvalue weighted by Gasteiger charge is 2.49. The number of carbonyl (C=O) groups excluding carboxylic acids is 2. The number of nitrogens with one attached hydrogen (secondary N) is 1. The van der Waals surface area contributed by atoms with Gasteiger partial charge in [-0.05, 0) is 18.6 Å². The van der Waals surface area contributed by atoms with Crippen molar-refractivity contribution in [1.82, 2.24) is 24.2 Å². The number of nitrogens with zero attached hydrogens (tertiary/aromatic N) is 4. The molecule has 1 aliphatic heterocycles. The van der Waals surface area contributed by atoms with Gasteiger partial charge in [0.15, 0.2) is 30.0 Å². The lowest BCUT2D eigenvalue weighted by Crippen LogP contribution is -2.39. The SMILES string of the molecule is CCCCCCCC(=O)O[C@H]1[C@@H](F)[C@H](n2cnc3c(N)ncnc32)O[C@@H]1COS(=O)(=O)NC(=O)c1ccccc1O. The second-order valence-corrected chi connectivity index (χ2v) is 10.7. The topological polar surface area (TPSA) is 198 Å². The fraction of sp³-hybridized carbons (Fsp3) is 0.480. The fourth-order valence-corrected chi connectivity index (χ4v) is 5.06. The highest BCUT2D eigenvalue weighted by molar-refractivity contribution is 7.85. The molecule has 14 nitrogen and oxygen atoms in total. The van der Waals surface area contributed by atoms with Gasteiger partial charge in [-0.15, -0.1) is 0 Å². The van der Waals surface area contributed by atoms with Crippen molar-refractivity contribution in [1.29, 1.82) is 0 Å². The molecule has 2 aromatic heterocycles. The number of nitrogens with two attached hydrogens (primary N) is 1. The maximum Gasteiger partial charge on any atom is 0.362 e. The van der Waals surface area contributed by atoms with E-state index in [4.69, 9.17) is 19.4 Å². The van der Waals surface area contributed by atoms with Crippen molar-refractivity contribution in [3.05, 3.63) is 42.5 Å². The van der Waals surface area contributed by atoms with E-state index in [-0.39, 0.29) is 29.0 Å². The summed E-state index contributed by atoms with van der Waals surface area (Å²) < 4.78 is 59.8. The molecular weight excluding hydrogens is 563 g/mol. The Kier molecular flexibility index (Phi) is 9.67. The number of unbranched alkanes of at least 4 members (excludes halogenated alkanes) is 4. The predicted octanol–water partition coefficient (Wildman–Crippen LogP) is 2.31. The zero-order valence-electron chi connectivity index (χ0n) is 22.2. The molecule has 0 bridgehead atoms. The van der Waals surface area contributed by atoms with Crippen molar-refractivity contribution >= 4 is 39.2 Å². The van der Waals surface area contributed by atoms with E-state index >= 15 is 4.39 Å². The van der Waals surface area contributed by atoms with E-state index in [1.807, 2.05) is 0 Å². The number of rotatable bonds is 13. The van der Waals surface area contributed by atoms with Crippen molar-refractivity contribution in [2.45, 2.75) is 70.1 Å². The van der Waals surface area contributed by atoms with Crippen LogP contribution >= 0.6 is 0 Å². The van der Waals surface area contributed by atoms with Gasteiger partial charge in [0.1, 0.15) is 23.7 Å². The third kappa shape index (κ3) is 7.25. The Morgan fingerprint density at radius 2 is 1.93 bits per heavy atom. The average Bonchev–Trinajstić information content (AvgIpc) is 3.49. The van der Waals surface area contributed by atoms with Crippen molar-refractivity contribution in [3.63, 3.8) is 0 Å². The molecule has 1 amide bonds. The summed E-state index contributed by atoms with van der Waals surface area (Å²) >= 11 is 0. The number of phenols is 1.